The van der Waals surface area contributed by atoms with Gasteiger partial charge in [0, 0.05) is 5.56 Å². The van der Waals surface area contributed by atoms with Crippen LogP contribution in [-0.4, -0.2) is 14.2 Å². The van der Waals surface area contributed by atoms with E-state index in [2.05, 4.69) is 0 Å². The van der Waals surface area contributed by atoms with E-state index in [0.29, 0.717) is 0 Å². The summed E-state index contributed by atoms with van der Waals surface area (Å²) in [6, 6.07) is 13.6. The van der Waals surface area contributed by atoms with Gasteiger partial charge < -0.3 is 15.2 Å². The van der Waals surface area contributed by atoms with Gasteiger partial charge in [-0.05, 0) is 30.2 Å². The molecule has 0 bridgehead atoms. The fraction of sp³-hybridized carbons (Fsp3) is 0.250. The average Bonchev–Trinajstić information content (AvgIpc) is 2.47. The summed E-state index contributed by atoms with van der Waals surface area (Å²) in [5.74, 6) is 1.65. The van der Waals surface area contributed by atoms with Gasteiger partial charge in [-0.3, -0.25) is 0 Å². The van der Waals surface area contributed by atoms with Crippen molar-refractivity contribution in [2.24, 2.45) is 5.73 Å². The molecule has 2 aromatic rings. The highest BCUT2D eigenvalue weighted by molar-refractivity contribution is 5.45. The molecule has 3 heteroatoms. The normalized spacial score (nSPS) is 12.0. The van der Waals surface area contributed by atoms with E-state index >= 15 is 0 Å². The fourth-order valence-electron chi connectivity index (χ4n) is 2.13. The zero-order chi connectivity index (χ0) is 13.8. The number of benzene rings is 2. The highest BCUT2D eigenvalue weighted by atomic mass is 16.5. The molecule has 0 aliphatic heterocycles. The summed E-state index contributed by atoms with van der Waals surface area (Å²) in [6.45, 7) is 2.01. The van der Waals surface area contributed by atoms with E-state index in [9.17, 15) is 0 Å². The topological polar surface area (TPSA) is 44.5 Å². The Morgan fingerprint density at radius 2 is 1.63 bits per heavy atom. The van der Waals surface area contributed by atoms with Gasteiger partial charge in [-0.25, -0.2) is 0 Å². The average molecular weight is 257 g/mol. The molecule has 0 saturated carbocycles. The predicted octanol–water partition coefficient (Wildman–Crippen LogP) is 3.06. The van der Waals surface area contributed by atoms with Crippen molar-refractivity contribution in [2.45, 2.75) is 13.0 Å². The van der Waals surface area contributed by atoms with Gasteiger partial charge in [0.1, 0.15) is 11.5 Å². The van der Waals surface area contributed by atoms with Crippen molar-refractivity contribution < 1.29 is 9.47 Å². The molecule has 3 nitrogen and oxygen atoms in total. The van der Waals surface area contributed by atoms with Crippen molar-refractivity contribution in [3.8, 4) is 11.5 Å². The molecule has 100 valence electrons. The van der Waals surface area contributed by atoms with Gasteiger partial charge in [0.15, 0.2) is 0 Å². The molecule has 0 radical (unpaired) electrons. The highest BCUT2D eigenvalue weighted by Gasteiger charge is 2.14. The summed E-state index contributed by atoms with van der Waals surface area (Å²) in [7, 11) is 3.32. The quantitative estimate of drug-likeness (QED) is 0.915. The van der Waals surface area contributed by atoms with Gasteiger partial charge >= 0.3 is 0 Å². The van der Waals surface area contributed by atoms with E-state index in [0.717, 1.165) is 28.2 Å². The Bertz CT molecular complexity index is 566. The number of hydrogen-bond acceptors (Lipinski definition) is 3. The van der Waals surface area contributed by atoms with Crippen molar-refractivity contribution in [2.75, 3.05) is 14.2 Å². The molecule has 0 saturated heterocycles. The predicted molar refractivity (Wildman–Crippen MR) is 76.8 cm³/mol. The van der Waals surface area contributed by atoms with Crippen LogP contribution in [0, 0.1) is 6.92 Å². The summed E-state index contributed by atoms with van der Waals surface area (Å²) >= 11 is 0. The zero-order valence-electron chi connectivity index (χ0n) is 11.5. The Morgan fingerprint density at radius 3 is 2.32 bits per heavy atom. The fourth-order valence-corrected chi connectivity index (χ4v) is 2.13. The number of hydrogen-bond donors (Lipinski definition) is 1. The Kier molecular flexibility index (Phi) is 4.07. The van der Waals surface area contributed by atoms with Gasteiger partial charge in [0.2, 0.25) is 0 Å². The molecule has 19 heavy (non-hydrogen) atoms. The van der Waals surface area contributed by atoms with Gasteiger partial charge in [0.25, 0.3) is 0 Å². The summed E-state index contributed by atoms with van der Waals surface area (Å²) in [5, 5.41) is 0. The lowest BCUT2D eigenvalue weighted by atomic mass is 9.97. The number of para-hydroxylation sites is 1. The van der Waals surface area contributed by atoms with Crippen LogP contribution in [0.15, 0.2) is 42.5 Å². The van der Waals surface area contributed by atoms with E-state index in [1.165, 1.54) is 0 Å². The van der Waals surface area contributed by atoms with Crippen LogP contribution in [0.25, 0.3) is 0 Å². The van der Waals surface area contributed by atoms with Gasteiger partial charge in [-0.2, -0.15) is 0 Å². The monoisotopic (exact) mass is 257 g/mol. The second kappa shape index (κ2) is 5.76. The van der Waals surface area contributed by atoms with E-state index < -0.39 is 0 Å². The second-order valence-electron chi connectivity index (χ2n) is 4.45. The van der Waals surface area contributed by atoms with Crippen LogP contribution in [0.5, 0.6) is 11.5 Å². The molecule has 0 aromatic heterocycles. The Hall–Kier alpha value is -2.00. The van der Waals surface area contributed by atoms with Gasteiger partial charge in [-0.1, -0.05) is 30.3 Å². The number of aryl methyl sites for hydroxylation is 1. The van der Waals surface area contributed by atoms with Crippen molar-refractivity contribution >= 4 is 0 Å². The molecule has 0 heterocycles. The largest absolute Gasteiger partial charge is 0.496 e. The molecule has 2 aromatic carbocycles. The minimum absolute atomic E-state index is 0.231. The van der Waals surface area contributed by atoms with Crippen LogP contribution in [0.4, 0.5) is 0 Å². The van der Waals surface area contributed by atoms with Gasteiger partial charge in [0.05, 0.1) is 20.3 Å². The van der Waals surface area contributed by atoms with Crippen molar-refractivity contribution in [3.05, 3.63) is 59.2 Å². The molecule has 0 fully saturated rings. The maximum absolute atomic E-state index is 6.33. The van der Waals surface area contributed by atoms with Crippen LogP contribution < -0.4 is 15.2 Å². The zero-order valence-corrected chi connectivity index (χ0v) is 11.5. The van der Waals surface area contributed by atoms with Crippen LogP contribution >= 0.6 is 0 Å². The standard InChI is InChI=1S/C16H19NO2/c1-11-8-9-12(10-15(11)19-3)16(17)13-6-4-5-7-14(13)18-2/h4-10,16H,17H2,1-3H3. The van der Waals surface area contributed by atoms with Crippen LogP contribution in [-0.2, 0) is 0 Å². The third-order valence-electron chi connectivity index (χ3n) is 3.27. The first kappa shape index (κ1) is 13.4. The molecule has 1 atom stereocenters. The molecule has 0 aliphatic carbocycles. The smallest absolute Gasteiger partial charge is 0.123 e. The third kappa shape index (κ3) is 2.71. The van der Waals surface area contributed by atoms with E-state index in [1.807, 2.05) is 49.4 Å². The SMILES string of the molecule is COc1cc(C(N)c2ccccc2OC)ccc1C. The molecule has 0 spiro atoms. The number of rotatable bonds is 4. The lowest BCUT2D eigenvalue weighted by Crippen LogP contribution is -2.13. The lowest BCUT2D eigenvalue weighted by Gasteiger charge is -2.17. The van der Waals surface area contributed by atoms with Crippen LogP contribution in [0.3, 0.4) is 0 Å². The Labute approximate surface area is 114 Å². The van der Waals surface area contributed by atoms with Crippen molar-refractivity contribution in [3.63, 3.8) is 0 Å². The first-order valence-electron chi connectivity index (χ1n) is 6.20. The summed E-state index contributed by atoms with van der Waals surface area (Å²) in [5.41, 5.74) is 9.40. The first-order chi connectivity index (χ1) is 9.17. The number of ether oxygens (including phenoxy) is 2. The van der Waals surface area contributed by atoms with Crippen LogP contribution in [0.2, 0.25) is 0 Å². The third-order valence-corrected chi connectivity index (χ3v) is 3.27. The maximum Gasteiger partial charge on any atom is 0.123 e. The summed E-state index contributed by atoms with van der Waals surface area (Å²) < 4.78 is 10.7. The lowest BCUT2D eigenvalue weighted by molar-refractivity contribution is 0.406. The molecule has 2 rings (SSSR count). The molecular formula is C16H19NO2. The minimum Gasteiger partial charge on any atom is -0.496 e. The van der Waals surface area contributed by atoms with E-state index in [-0.39, 0.29) is 6.04 Å². The second-order valence-corrected chi connectivity index (χ2v) is 4.45. The summed E-state index contributed by atoms with van der Waals surface area (Å²) in [6.07, 6.45) is 0. The highest BCUT2D eigenvalue weighted by Crippen LogP contribution is 2.30. The molecular weight excluding hydrogens is 238 g/mol. The molecule has 1 unspecified atom stereocenters. The minimum atomic E-state index is -0.231. The van der Waals surface area contributed by atoms with Crippen LogP contribution in [0.1, 0.15) is 22.7 Å². The van der Waals surface area contributed by atoms with Gasteiger partial charge in [-0.15, -0.1) is 0 Å². The van der Waals surface area contributed by atoms with Crippen molar-refractivity contribution in [1.82, 2.24) is 0 Å². The Balaban J connectivity index is 2.41. The molecule has 0 amide bonds. The van der Waals surface area contributed by atoms with E-state index in [1.54, 1.807) is 14.2 Å². The van der Waals surface area contributed by atoms with Crippen molar-refractivity contribution in [1.29, 1.82) is 0 Å². The number of nitrogens with two attached hydrogens (primary N) is 1. The summed E-state index contributed by atoms with van der Waals surface area (Å²) in [4.78, 5) is 0. The number of methoxy groups -OCH3 is 2. The van der Waals surface area contributed by atoms with E-state index in [4.69, 9.17) is 15.2 Å². The Morgan fingerprint density at radius 1 is 0.947 bits per heavy atom. The molecule has 2 N–H and O–H groups in total. The first-order valence-corrected chi connectivity index (χ1v) is 6.20. The molecule has 0 aliphatic rings. The maximum atomic E-state index is 6.33.